The lowest BCUT2D eigenvalue weighted by atomic mass is 9.94. The molecule has 1 aromatic heterocycles. The van der Waals surface area contributed by atoms with Gasteiger partial charge in [0.25, 0.3) is 0 Å². The lowest BCUT2D eigenvalue weighted by Crippen LogP contribution is -2.46. The van der Waals surface area contributed by atoms with Gasteiger partial charge in [-0.15, -0.1) is 5.92 Å². The Kier molecular flexibility index (Phi) is 6.44. The Labute approximate surface area is 185 Å². The van der Waals surface area contributed by atoms with Crippen LogP contribution in [0.4, 0.5) is 0 Å². The molecule has 2 unspecified atom stereocenters. The molecule has 0 saturated carbocycles. The van der Waals surface area contributed by atoms with Crippen LogP contribution in [-0.4, -0.2) is 16.5 Å². The molecule has 2 N–H and O–H groups in total. The second kappa shape index (κ2) is 9.41. The molecule has 4 rings (SSSR count). The summed E-state index contributed by atoms with van der Waals surface area (Å²) in [5.41, 5.74) is 4.83. The van der Waals surface area contributed by atoms with Crippen molar-refractivity contribution in [3.8, 4) is 11.8 Å². The molecule has 0 bridgehead atoms. The number of aromatic nitrogens is 1. The zero-order valence-corrected chi connectivity index (χ0v) is 18.6. The van der Waals surface area contributed by atoms with Crippen molar-refractivity contribution >= 4 is 16.8 Å². The normalized spacial score (nSPS) is 17.8. The number of carbonyl (C=O) groups is 1. The van der Waals surface area contributed by atoms with E-state index in [1.165, 1.54) is 22.0 Å². The number of benzene rings is 2. The molecule has 2 aromatic carbocycles. The first-order chi connectivity index (χ1) is 15.1. The van der Waals surface area contributed by atoms with Crippen LogP contribution in [0, 0.1) is 17.8 Å². The molecular weight excluding hydrogens is 382 g/mol. The molecule has 0 saturated heterocycles. The summed E-state index contributed by atoms with van der Waals surface area (Å²) in [4.78, 5) is 13.2. The summed E-state index contributed by atoms with van der Waals surface area (Å²) in [5.74, 6) is 6.76. The van der Waals surface area contributed by atoms with Crippen LogP contribution in [0.25, 0.3) is 10.9 Å². The van der Waals surface area contributed by atoms with Crippen molar-refractivity contribution in [1.29, 1.82) is 0 Å². The molecule has 4 nitrogen and oxygen atoms in total. The molecule has 0 fully saturated rings. The average Bonchev–Trinajstić information content (AvgIpc) is 3.04. The van der Waals surface area contributed by atoms with Crippen molar-refractivity contribution in [3.63, 3.8) is 0 Å². The maximum absolute atomic E-state index is 13.2. The highest BCUT2D eigenvalue weighted by Crippen LogP contribution is 2.35. The van der Waals surface area contributed by atoms with Gasteiger partial charge in [-0.1, -0.05) is 62.2 Å². The van der Waals surface area contributed by atoms with Crippen LogP contribution < -0.4 is 10.6 Å². The van der Waals surface area contributed by atoms with Crippen LogP contribution in [-0.2, 0) is 24.3 Å². The van der Waals surface area contributed by atoms with E-state index in [9.17, 15) is 4.79 Å². The van der Waals surface area contributed by atoms with Crippen LogP contribution in [0.5, 0.6) is 0 Å². The SMILES string of the molecule is CC#CCn1cc2c3c(cccc31)C(CC(C)C)NC(C(=O)NCc1ccccc1)C2. The molecule has 0 radical (unpaired) electrons. The van der Waals surface area contributed by atoms with Crippen molar-refractivity contribution in [2.45, 2.75) is 58.8 Å². The minimum Gasteiger partial charge on any atom is -0.351 e. The third-order valence-electron chi connectivity index (χ3n) is 5.98. The molecule has 1 aliphatic rings. The smallest absolute Gasteiger partial charge is 0.237 e. The van der Waals surface area contributed by atoms with Gasteiger partial charge in [-0.3, -0.25) is 10.1 Å². The minimum atomic E-state index is -0.267. The third kappa shape index (κ3) is 4.68. The highest BCUT2D eigenvalue weighted by Gasteiger charge is 2.30. The maximum Gasteiger partial charge on any atom is 0.237 e. The number of rotatable bonds is 6. The Morgan fingerprint density at radius 2 is 2.00 bits per heavy atom. The lowest BCUT2D eigenvalue weighted by molar-refractivity contribution is -0.123. The molecule has 1 aliphatic heterocycles. The fourth-order valence-corrected chi connectivity index (χ4v) is 4.56. The van der Waals surface area contributed by atoms with E-state index in [0.29, 0.717) is 25.4 Å². The molecule has 31 heavy (non-hydrogen) atoms. The second-order valence-corrected chi connectivity index (χ2v) is 8.76. The van der Waals surface area contributed by atoms with Gasteiger partial charge in [-0.05, 0) is 48.4 Å². The Balaban J connectivity index is 1.66. The molecule has 0 aliphatic carbocycles. The molecule has 3 aromatic rings. The van der Waals surface area contributed by atoms with Gasteiger partial charge in [0.2, 0.25) is 5.91 Å². The number of hydrogen-bond acceptors (Lipinski definition) is 2. The summed E-state index contributed by atoms with van der Waals surface area (Å²) in [6.07, 6.45) is 3.85. The molecular formula is C27H31N3O. The Morgan fingerprint density at radius 1 is 1.19 bits per heavy atom. The van der Waals surface area contributed by atoms with E-state index in [1.54, 1.807) is 0 Å². The monoisotopic (exact) mass is 413 g/mol. The van der Waals surface area contributed by atoms with Crippen molar-refractivity contribution in [2.24, 2.45) is 5.92 Å². The number of nitrogens with one attached hydrogen (secondary N) is 2. The second-order valence-electron chi connectivity index (χ2n) is 8.76. The van der Waals surface area contributed by atoms with E-state index in [4.69, 9.17) is 0 Å². The van der Waals surface area contributed by atoms with E-state index in [-0.39, 0.29) is 18.0 Å². The van der Waals surface area contributed by atoms with E-state index in [1.807, 2.05) is 37.3 Å². The van der Waals surface area contributed by atoms with Crippen LogP contribution in [0.1, 0.15) is 49.9 Å². The van der Waals surface area contributed by atoms with Crippen LogP contribution >= 0.6 is 0 Å². The highest BCUT2D eigenvalue weighted by molar-refractivity contribution is 5.90. The summed E-state index contributed by atoms with van der Waals surface area (Å²) in [6, 6.07) is 16.5. The molecule has 2 atom stereocenters. The number of carbonyl (C=O) groups excluding carboxylic acids is 1. The number of amides is 1. The summed E-state index contributed by atoms with van der Waals surface area (Å²) < 4.78 is 2.22. The summed E-state index contributed by atoms with van der Waals surface area (Å²) >= 11 is 0. The van der Waals surface area contributed by atoms with Crippen molar-refractivity contribution in [1.82, 2.24) is 15.2 Å². The number of nitrogens with zero attached hydrogens (tertiary/aromatic N) is 1. The Bertz CT molecular complexity index is 1120. The van der Waals surface area contributed by atoms with Gasteiger partial charge < -0.3 is 9.88 Å². The van der Waals surface area contributed by atoms with Gasteiger partial charge >= 0.3 is 0 Å². The van der Waals surface area contributed by atoms with Crippen molar-refractivity contribution in [2.75, 3.05) is 0 Å². The third-order valence-corrected chi connectivity index (χ3v) is 5.98. The maximum atomic E-state index is 13.2. The quantitative estimate of drug-likeness (QED) is 0.581. The van der Waals surface area contributed by atoms with Gasteiger partial charge in [0.1, 0.15) is 0 Å². The van der Waals surface area contributed by atoms with E-state index >= 15 is 0 Å². The molecule has 0 spiro atoms. The number of hydrogen-bond donors (Lipinski definition) is 2. The molecule has 160 valence electrons. The molecule has 4 heteroatoms. The van der Waals surface area contributed by atoms with E-state index < -0.39 is 0 Å². The highest BCUT2D eigenvalue weighted by atomic mass is 16.2. The van der Waals surface area contributed by atoms with Gasteiger partial charge in [-0.2, -0.15) is 0 Å². The minimum absolute atomic E-state index is 0.0552. The fourth-order valence-electron chi connectivity index (χ4n) is 4.56. The molecule has 1 amide bonds. The predicted molar refractivity (Wildman–Crippen MR) is 127 cm³/mol. The van der Waals surface area contributed by atoms with Crippen LogP contribution in [0.3, 0.4) is 0 Å². The Hall–Kier alpha value is -3.03. The van der Waals surface area contributed by atoms with E-state index in [0.717, 1.165) is 12.0 Å². The van der Waals surface area contributed by atoms with Gasteiger partial charge in [-0.25, -0.2) is 0 Å². The first kappa shape index (κ1) is 21.2. The first-order valence-electron chi connectivity index (χ1n) is 11.1. The van der Waals surface area contributed by atoms with Crippen LogP contribution in [0.2, 0.25) is 0 Å². The van der Waals surface area contributed by atoms with E-state index in [2.05, 4.69) is 65.3 Å². The Morgan fingerprint density at radius 3 is 2.74 bits per heavy atom. The standard InChI is InChI=1S/C27H31N3O/c1-4-5-14-30-18-21-16-24(27(31)28-17-20-10-7-6-8-11-20)29-23(15-19(2)3)22-12-9-13-25(30)26(21)22/h6-13,18-19,23-24,29H,14-17H2,1-3H3,(H,28,31). The molecule has 2 heterocycles. The van der Waals surface area contributed by atoms with Crippen molar-refractivity contribution in [3.05, 3.63) is 71.4 Å². The first-order valence-corrected chi connectivity index (χ1v) is 11.1. The summed E-state index contributed by atoms with van der Waals surface area (Å²) in [5, 5.41) is 8.12. The van der Waals surface area contributed by atoms with Gasteiger partial charge in [0.05, 0.1) is 12.6 Å². The predicted octanol–water partition coefficient (Wildman–Crippen LogP) is 4.58. The summed E-state index contributed by atoms with van der Waals surface area (Å²) in [7, 11) is 0. The van der Waals surface area contributed by atoms with Gasteiger partial charge in [0.15, 0.2) is 0 Å². The van der Waals surface area contributed by atoms with Crippen molar-refractivity contribution < 1.29 is 4.79 Å². The van der Waals surface area contributed by atoms with Gasteiger partial charge in [0, 0.05) is 29.7 Å². The average molecular weight is 414 g/mol. The zero-order chi connectivity index (χ0) is 21.8. The fraction of sp³-hybridized carbons (Fsp3) is 0.370. The summed E-state index contributed by atoms with van der Waals surface area (Å²) in [6.45, 7) is 7.56. The lowest BCUT2D eigenvalue weighted by Gasteiger charge is -2.25. The topological polar surface area (TPSA) is 46.1 Å². The largest absolute Gasteiger partial charge is 0.351 e. The zero-order valence-electron chi connectivity index (χ0n) is 18.6. The van der Waals surface area contributed by atoms with Crippen LogP contribution in [0.15, 0.2) is 54.7 Å².